The fourth-order valence-electron chi connectivity index (χ4n) is 2.22. The Balaban J connectivity index is 1.97. The molecule has 3 rings (SSSR count). The highest BCUT2D eigenvalue weighted by molar-refractivity contribution is 7.98. The molecule has 5 nitrogen and oxygen atoms in total. The minimum atomic E-state index is -1.46. The van der Waals surface area contributed by atoms with Gasteiger partial charge in [0, 0.05) is 16.5 Å². The van der Waals surface area contributed by atoms with Gasteiger partial charge in [-0.1, -0.05) is 0 Å². The van der Waals surface area contributed by atoms with Crippen molar-refractivity contribution in [2.75, 3.05) is 7.11 Å². The van der Waals surface area contributed by atoms with Gasteiger partial charge in [0.25, 0.3) is 0 Å². The first-order valence-electron chi connectivity index (χ1n) is 6.94. The Bertz CT molecular complexity index is 929. The van der Waals surface area contributed by atoms with Crippen molar-refractivity contribution < 1.29 is 18.1 Å². The standard InChI is InChI=1S/C17H13FN2O3S/c1-22-15-7-6-13-14(8-9-20-17(13)16(15)18)23-11-2-4-12(5-3-11)24(21)10-19/h2-10,19H,1H3. The van der Waals surface area contributed by atoms with Crippen LogP contribution in [0.1, 0.15) is 0 Å². The van der Waals surface area contributed by atoms with E-state index in [0.29, 0.717) is 21.8 Å². The molecule has 7 heteroatoms. The molecule has 3 aromatic rings. The summed E-state index contributed by atoms with van der Waals surface area (Å²) < 4.78 is 36.5. The predicted molar refractivity (Wildman–Crippen MR) is 90.0 cm³/mol. The number of nitrogens with one attached hydrogen (secondary N) is 1. The summed E-state index contributed by atoms with van der Waals surface area (Å²) in [5.74, 6) is 0.523. The van der Waals surface area contributed by atoms with Crippen LogP contribution in [0, 0.1) is 11.2 Å². The second kappa shape index (κ2) is 6.76. The highest BCUT2D eigenvalue weighted by Gasteiger charge is 2.13. The quantitative estimate of drug-likeness (QED) is 0.563. The van der Waals surface area contributed by atoms with Crippen molar-refractivity contribution in [2.24, 2.45) is 0 Å². The number of ether oxygens (including phenoxy) is 2. The Morgan fingerprint density at radius 2 is 1.88 bits per heavy atom. The minimum absolute atomic E-state index is 0.116. The molecule has 1 heterocycles. The molecule has 1 aromatic heterocycles. The van der Waals surface area contributed by atoms with E-state index in [1.54, 1.807) is 36.4 Å². The van der Waals surface area contributed by atoms with Crippen molar-refractivity contribution >= 4 is 27.2 Å². The average molecular weight is 344 g/mol. The third kappa shape index (κ3) is 2.98. The van der Waals surface area contributed by atoms with Crippen LogP contribution in [0.2, 0.25) is 0 Å². The molecule has 0 amide bonds. The first-order chi connectivity index (χ1) is 11.6. The maximum absolute atomic E-state index is 14.3. The first kappa shape index (κ1) is 16.1. The van der Waals surface area contributed by atoms with Crippen LogP contribution >= 0.6 is 0 Å². The lowest BCUT2D eigenvalue weighted by molar-refractivity contribution is 0.388. The van der Waals surface area contributed by atoms with Crippen molar-refractivity contribution in [1.29, 1.82) is 5.41 Å². The van der Waals surface area contributed by atoms with Crippen molar-refractivity contribution in [1.82, 2.24) is 4.98 Å². The molecule has 0 aliphatic rings. The van der Waals surface area contributed by atoms with Gasteiger partial charge < -0.3 is 9.47 Å². The van der Waals surface area contributed by atoms with Crippen LogP contribution in [0.3, 0.4) is 0 Å². The van der Waals surface area contributed by atoms with Crippen LogP contribution in [0.25, 0.3) is 10.9 Å². The maximum Gasteiger partial charge on any atom is 0.191 e. The normalized spacial score (nSPS) is 11.9. The van der Waals surface area contributed by atoms with Crippen LogP contribution in [-0.4, -0.2) is 21.8 Å². The van der Waals surface area contributed by atoms with Gasteiger partial charge in [-0.05, 0) is 42.5 Å². The van der Waals surface area contributed by atoms with E-state index >= 15 is 0 Å². The lowest BCUT2D eigenvalue weighted by Gasteiger charge is -2.10. The lowest BCUT2D eigenvalue weighted by atomic mass is 10.2. The van der Waals surface area contributed by atoms with Gasteiger partial charge in [-0.15, -0.1) is 0 Å². The van der Waals surface area contributed by atoms with Gasteiger partial charge in [-0.3, -0.25) is 10.4 Å². The van der Waals surface area contributed by atoms with E-state index in [1.807, 2.05) is 0 Å². The maximum atomic E-state index is 14.3. The number of hydrogen-bond donors (Lipinski definition) is 1. The highest BCUT2D eigenvalue weighted by Crippen LogP contribution is 2.33. The van der Waals surface area contributed by atoms with E-state index in [1.165, 1.54) is 19.4 Å². The molecule has 24 heavy (non-hydrogen) atoms. The number of methoxy groups -OCH3 is 1. The largest absolute Gasteiger partial charge is 0.494 e. The van der Waals surface area contributed by atoms with E-state index in [0.717, 1.165) is 5.55 Å². The monoisotopic (exact) mass is 344 g/mol. The Kier molecular flexibility index (Phi) is 4.52. The highest BCUT2D eigenvalue weighted by atomic mass is 32.2. The van der Waals surface area contributed by atoms with Crippen LogP contribution in [0.4, 0.5) is 4.39 Å². The second-order valence-electron chi connectivity index (χ2n) is 4.78. The summed E-state index contributed by atoms with van der Waals surface area (Å²) in [6.45, 7) is 0. The fourth-order valence-corrected chi connectivity index (χ4v) is 2.76. The van der Waals surface area contributed by atoms with Gasteiger partial charge in [-0.2, -0.15) is 0 Å². The number of benzene rings is 2. The predicted octanol–water partition coefficient (Wildman–Crippen LogP) is 3.89. The van der Waals surface area contributed by atoms with Crippen LogP contribution < -0.4 is 9.47 Å². The van der Waals surface area contributed by atoms with Crippen molar-refractivity contribution in [3.05, 3.63) is 54.5 Å². The zero-order valence-corrected chi connectivity index (χ0v) is 13.5. The fraction of sp³-hybridized carbons (Fsp3) is 0.0588. The van der Waals surface area contributed by atoms with Gasteiger partial charge >= 0.3 is 0 Å². The zero-order chi connectivity index (χ0) is 17.1. The Hall–Kier alpha value is -2.80. The Morgan fingerprint density at radius 1 is 1.12 bits per heavy atom. The third-order valence-corrected chi connectivity index (χ3v) is 4.34. The SMILES string of the molecule is COc1ccc2c(Oc3ccc(S(=O)C=N)cc3)ccnc2c1F. The summed E-state index contributed by atoms with van der Waals surface area (Å²) >= 11 is 0. The number of rotatable bonds is 5. The number of pyridine rings is 1. The minimum Gasteiger partial charge on any atom is -0.494 e. The van der Waals surface area contributed by atoms with Crippen molar-refractivity contribution in [3.63, 3.8) is 0 Å². The molecule has 2 aromatic carbocycles. The molecule has 1 N–H and O–H groups in total. The van der Waals surface area contributed by atoms with E-state index < -0.39 is 16.6 Å². The second-order valence-corrected chi connectivity index (χ2v) is 6.08. The average Bonchev–Trinajstić information content (AvgIpc) is 2.62. The van der Waals surface area contributed by atoms with E-state index in [4.69, 9.17) is 14.9 Å². The van der Waals surface area contributed by atoms with Crippen molar-refractivity contribution in [2.45, 2.75) is 4.90 Å². The molecule has 1 atom stereocenters. The van der Waals surface area contributed by atoms with Crippen LogP contribution in [-0.2, 0) is 10.8 Å². The van der Waals surface area contributed by atoms with Crippen LogP contribution in [0.5, 0.6) is 17.2 Å². The molecule has 0 saturated carbocycles. The molecule has 0 radical (unpaired) electrons. The Labute approximate surface area is 140 Å². The van der Waals surface area contributed by atoms with Gasteiger partial charge in [0.2, 0.25) is 0 Å². The van der Waals surface area contributed by atoms with E-state index in [-0.39, 0.29) is 11.3 Å². The molecular formula is C17H13FN2O3S. The summed E-state index contributed by atoms with van der Waals surface area (Å²) in [6.07, 6.45) is 1.46. The van der Waals surface area contributed by atoms with Gasteiger partial charge in [-0.25, -0.2) is 8.60 Å². The first-order valence-corrected chi connectivity index (χ1v) is 8.15. The molecule has 0 aliphatic heterocycles. The van der Waals surface area contributed by atoms with Crippen molar-refractivity contribution in [3.8, 4) is 17.2 Å². The number of aromatic nitrogens is 1. The lowest BCUT2D eigenvalue weighted by Crippen LogP contribution is -1.94. The molecule has 0 bridgehead atoms. The van der Waals surface area contributed by atoms with Gasteiger partial charge in [0.05, 0.1) is 23.5 Å². The summed E-state index contributed by atoms with van der Waals surface area (Å²) in [5.41, 5.74) is 1.02. The van der Waals surface area contributed by atoms with E-state index in [9.17, 15) is 8.60 Å². The summed E-state index contributed by atoms with van der Waals surface area (Å²) in [6, 6.07) is 11.3. The molecule has 0 spiro atoms. The summed E-state index contributed by atoms with van der Waals surface area (Å²) in [7, 11) is -0.0684. The summed E-state index contributed by atoms with van der Waals surface area (Å²) in [5, 5.41) is 7.53. The Morgan fingerprint density at radius 3 is 2.54 bits per heavy atom. The van der Waals surface area contributed by atoms with Gasteiger partial charge in [0.15, 0.2) is 11.6 Å². The zero-order valence-electron chi connectivity index (χ0n) is 12.7. The smallest absolute Gasteiger partial charge is 0.191 e. The topological polar surface area (TPSA) is 72.3 Å². The molecular weight excluding hydrogens is 331 g/mol. The molecule has 1 unspecified atom stereocenters. The van der Waals surface area contributed by atoms with E-state index in [2.05, 4.69) is 4.98 Å². The number of hydrogen-bond acceptors (Lipinski definition) is 5. The van der Waals surface area contributed by atoms with Gasteiger partial charge in [0.1, 0.15) is 17.0 Å². The number of nitrogens with zero attached hydrogens (tertiary/aromatic N) is 1. The van der Waals surface area contributed by atoms with Crippen LogP contribution in [0.15, 0.2) is 53.6 Å². The third-order valence-electron chi connectivity index (χ3n) is 3.39. The molecule has 0 saturated heterocycles. The molecule has 0 aliphatic carbocycles. The molecule has 122 valence electrons. The summed E-state index contributed by atoms with van der Waals surface area (Å²) in [4.78, 5) is 4.55. The number of fused-ring (bicyclic) bond motifs is 1. The number of halogens is 1. The molecule has 0 fully saturated rings.